The largest absolute Gasteiger partial charge is 0.756 e. The Kier molecular flexibility index (Phi) is 18.3. The van der Waals surface area contributed by atoms with Crippen LogP contribution in [0.5, 0.6) is 0 Å². The molecule has 3 saturated heterocycles. The van der Waals surface area contributed by atoms with Gasteiger partial charge in [-0.15, -0.1) is 0 Å². The number of carbonyl (C=O) groups is 1. The second-order valence-corrected chi connectivity index (χ2v) is 14.4. The number of piperidine rings is 3. The van der Waals surface area contributed by atoms with E-state index in [-0.39, 0.29) is 18.6 Å². The number of quaternary nitrogens is 1. The molecule has 4 atom stereocenters. The highest BCUT2D eigenvalue weighted by atomic mass is 31.2. The fourth-order valence-corrected chi connectivity index (χ4v) is 7.30. The minimum absolute atomic E-state index is 0.257. The van der Waals surface area contributed by atoms with E-state index >= 15 is 0 Å². The highest BCUT2D eigenvalue weighted by Crippen LogP contribution is 2.45. The molecule has 0 N–H and O–H groups in total. The molecule has 0 saturated carbocycles. The first-order chi connectivity index (χ1) is 19.6. The molecule has 0 aromatic carbocycles. The van der Waals surface area contributed by atoms with Crippen LogP contribution in [0, 0.1) is 5.92 Å². The molecule has 3 rings (SSSR count). The summed E-state index contributed by atoms with van der Waals surface area (Å²) in [5, 5.41) is 0. The van der Waals surface area contributed by atoms with Gasteiger partial charge in [0.1, 0.15) is 12.6 Å². The Hall–Kier alpha value is -0.500. The monoisotopic (exact) mass is 603 g/mol. The van der Waals surface area contributed by atoms with Crippen molar-refractivity contribution in [1.29, 1.82) is 0 Å². The number of rotatable bonds is 25. The first-order valence-electron chi connectivity index (χ1n) is 16.9. The predicted octanol–water partition coefficient (Wildman–Crippen LogP) is 7.33. The first-order valence-corrected chi connectivity index (χ1v) is 18.4. The van der Waals surface area contributed by atoms with Gasteiger partial charge in [-0.1, -0.05) is 103 Å². The van der Waals surface area contributed by atoms with E-state index in [4.69, 9.17) is 18.5 Å². The number of phosphoric acid groups is 1. The van der Waals surface area contributed by atoms with Crippen molar-refractivity contribution in [3.05, 3.63) is 0 Å². The van der Waals surface area contributed by atoms with Gasteiger partial charge < -0.3 is 27.9 Å². The van der Waals surface area contributed by atoms with Crippen molar-refractivity contribution < 1.29 is 37.3 Å². The van der Waals surface area contributed by atoms with Gasteiger partial charge >= 0.3 is 5.97 Å². The summed E-state index contributed by atoms with van der Waals surface area (Å²) in [5.74, 6) is -0.236. The van der Waals surface area contributed by atoms with Crippen LogP contribution in [0.25, 0.3) is 0 Å². The number of likely N-dealkylation sites (N-methyl/N-ethyl adjacent to an activating group) is 1. The Labute approximate surface area is 251 Å². The fraction of sp³-hybridized carbons (Fsp3) is 0.969. The topological polar surface area (TPSA) is 94.1 Å². The first kappa shape index (κ1) is 36.7. The molecule has 3 fully saturated rings. The summed E-state index contributed by atoms with van der Waals surface area (Å²) >= 11 is 0. The number of esters is 1. The van der Waals surface area contributed by atoms with E-state index in [1.165, 1.54) is 96.8 Å². The molecular formula is C32H62NO7P. The van der Waals surface area contributed by atoms with E-state index in [0.717, 1.165) is 43.3 Å². The second kappa shape index (κ2) is 20.5. The third-order valence-electron chi connectivity index (χ3n) is 9.11. The maximum atomic E-state index is 12.6. The molecule has 4 unspecified atom stereocenters. The van der Waals surface area contributed by atoms with Crippen LogP contribution in [-0.2, 0) is 27.9 Å². The minimum atomic E-state index is -4.53. The number of phosphoric ester groups is 1. The highest BCUT2D eigenvalue weighted by Gasteiger charge is 2.45. The Morgan fingerprint density at radius 1 is 0.878 bits per heavy atom. The molecule has 0 aliphatic carbocycles. The molecule has 0 radical (unpaired) electrons. The van der Waals surface area contributed by atoms with Gasteiger partial charge in [0.25, 0.3) is 7.82 Å². The van der Waals surface area contributed by atoms with E-state index in [9.17, 15) is 14.3 Å². The lowest BCUT2D eigenvalue weighted by molar-refractivity contribution is -0.928. The lowest BCUT2D eigenvalue weighted by atomic mass is 9.84. The van der Waals surface area contributed by atoms with Gasteiger partial charge in [0.15, 0.2) is 6.10 Å². The normalized spacial score (nSPS) is 25.1. The zero-order valence-electron chi connectivity index (χ0n) is 26.8. The summed E-state index contributed by atoms with van der Waals surface area (Å²) in [6.07, 6.45) is 21.3. The van der Waals surface area contributed by atoms with Crippen LogP contribution in [0.2, 0.25) is 0 Å². The summed E-state index contributed by atoms with van der Waals surface area (Å²) in [5.41, 5.74) is 0. The summed E-state index contributed by atoms with van der Waals surface area (Å²) in [6.45, 7) is 8.43. The molecule has 0 aromatic heterocycles. The van der Waals surface area contributed by atoms with Gasteiger partial charge in [0, 0.05) is 32.3 Å². The smallest absolute Gasteiger partial charge is 0.303 e. The van der Waals surface area contributed by atoms with E-state index < -0.39 is 26.0 Å². The maximum Gasteiger partial charge on any atom is 0.303 e. The Morgan fingerprint density at radius 3 is 1.83 bits per heavy atom. The Morgan fingerprint density at radius 2 is 1.37 bits per heavy atom. The average Bonchev–Trinajstić information content (AvgIpc) is 2.92. The van der Waals surface area contributed by atoms with Gasteiger partial charge in [-0.05, 0) is 13.3 Å². The Bertz CT molecular complexity index is 744. The molecule has 0 spiro atoms. The molecule has 3 aliphatic rings. The molecule has 8 nitrogen and oxygen atoms in total. The third kappa shape index (κ3) is 16.2. The van der Waals surface area contributed by atoms with Crippen LogP contribution in [0.15, 0.2) is 0 Å². The van der Waals surface area contributed by atoms with Crippen molar-refractivity contribution in [1.82, 2.24) is 0 Å². The highest BCUT2D eigenvalue weighted by molar-refractivity contribution is 7.45. The van der Waals surface area contributed by atoms with Crippen molar-refractivity contribution in [2.24, 2.45) is 5.92 Å². The van der Waals surface area contributed by atoms with Crippen molar-refractivity contribution >= 4 is 13.8 Å². The molecule has 3 aliphatic heterocycles. The van der Waals surface area contributed by atoms with Gasteiger partial charge in [-0.2, -0.15) is 0 Å². The molecule has 2 bridgehead atoms. The fourth-order valence-electron chi connectivity index (χ4n) is 6.33. The summed E-state index contributed by atoms with van der Waals surface area (Å²) in [7, 11) is -2.38. The van der Waals surface area contributed by atoms with E-state index in [0.29, 0.717) is 13.2 Å². The van der Waals surface area contributed by atoms with Crippen LogP contribution in [0.3, 0.4) is 0 Å². The number of ether oxygens (including phenoxy) is 2. The average molecular weight is 604 g/mol. The molecule has 9 heteroatoms. The number of fused-ring (bicyclic) bond motifs is 3. The van der Waals surface area contributed by atoms with Crippen molar-refractivity contribution in [2.75, 3.05) is 39.9 Å². The summed E-state index contributed by atoms with van der Waals surface area (Å²) < 4.78 is 35.4. The van der Waals surface area contributed by atoms with Crippen LogP contribution in [-0.4, -0.2) is 68.7 Å². The lowest BCUT2D eigenvalue weighted by Crippen LogP contribution is -2.61. The second-order valence-electron chi connectivity index (χ2n) is 13.0. The maximum absolute atomic E-state index is 12.6. The molecular weight excluding hydrogens is 541 g/mol. The molecule has 41 heavy (non-hydrogen) atoms. The third-order valence-corrected chi connectivity index (χ3v) is 10.1. The lowest BCUT2D eigenvalue weighted by Gasteiger charge is -2.50. The zero-order chi connectivity index (χ0) is 30.0. The van der Waals surface area contributed by atoms with E-state index in [2.05, 4.69) is 14.0 Å². The van der Waals surface area contributed by atoms with Gasteiger partial charge in [0.2, 0.25) is 0 Å². The van der Waals surface area contributed by atoms with Crippen molar-refractivity contribution in [3.63, 3.8) is 0 Å². The van der Waals surface area contributed by atoms with Gasteiger partial charge in [-0.25, -0.2) is 0 Å². The van der Waals surface area contributed by atoms with Crippen LogP contribution < -0.4 is 4.89 Å². The van der Waals surface area contributed by atoms with E-state index in [1.54, 1.807) is 6.92 Å². The Balaban J connectivity index is 1.51. The van der Waals surface area contributed by atoms with E-state index in [1.807, 2.05) is 0 Å². The SMILES string of the molecule is CCCCCCCCCCCCCCCCCCOC(C)C(COP(=O)([O-])OC1C[N+]2(C)CCC1CC2)OC(C)=O. The molecule has 3 heterocycles. The summed E-state index contributed by atoms with van der Waals surface area (Å²) in [6, 6.07) is 0. The van der Waals surface area contributed by atoms with Crippen LogP contribution in [0.4, 0.5) is 0 Å². The minimum Gasteiger partial charge on any atom is -0.756 e. The molecule has 242 valence electrons. The zero-order valence-corrected chi connectivity index (χ0v) is 27.7. The summed E-state index contributed by atoms with van der Waals surface area (Å²) in [4.78, 5) is 24.3. The number of unbranched alkanes of at least 4 members (excludes halogenated alkanes) is 15. The standard InChI is InChI=1S/C32H62NO7P/c1-5-6-7-8-9-10-11-12-13-14-15-16-17-18-19-20-25-37-28(2)32(39-29(3)34)27-38-41(35,36)40-31-26-33(4)23-21-30(31)22-24-33/h28,30-32H,5-27H2,1-4H3. The number of hydrogen-bond donors (Lipinski definition) is 0. The number of carbonyl (C=O) groups excluding carboxylic acids is 1. The molecule has 0 aromatic rings. The number of nitrogens with zero attached hydrogens (tertiary/aromatic N) is 1. The van der Waals surface area contributed by atoms with Crippen LogP contribution in [0.1, 0.15) is 136 Å². The predicted molar refractivity (Wildman–Crippen MR) is 162 cm³/mol. The quantitative estimate of drug-likeness (QED) is 0.0467. The van der Waals surface area contributed by atoms with Gasteiger partial charge in [0.05, 0.1) is 32.8 Å². The van der Waals surface area contributed by atoms with Crippen molar-refractivity contribution in [3.8, 4) is 0 Å². The number of hydrogen-bond acceptors (Lipinski definition) is 7. The van der Waals surface area contributed by atoms with Crippen LogP contribution >= 0.6 is 7.82 Å². The van der Waals surface area contributed by atoms with Crippen molar-refractivity contribution in [2.45, 2.75) is 155 Å². The molecule has 0 amide bonds. The van der Waals surface area contributed by atoms with Gasteiger partial charge in [-0.3, -0.25) is 9.36 Å².